The summed E-state index contributed by atoms with van der Waals surface area (Å²) in [6.45, 7) is 0. The largest absolute Gasteiger partial charge is 0.296 e. The van der Waals surface area contributed by atoms with E-state index in [0.717, 1.165) is 9.35 Å². The van der Waals surface area contributed by atoms with E-state index in [0.29, 0.717) is 5.56 Å². The van der Waals surface area contributed by atoms with Crippen LogP contribution in [0.15, 0.2) is 40.2 Å². The average molecular weight is 368 g/mol. The molecule has 2 heterocycles. The first-order valence-corrected chi connectivity index (χ1v) is 8.05. The Hall–Kier alpha value is -1.53. The predicted octanol–water partition coefficient (Wildman–Crippen LogP) is 3.56. The third-order valence-corrected chi connectivity index (χ3v) is 5.57. The molecule has 2 amide bonds. The van der Waals surface area contributed by atoms with Gasteiger partial charge in [0.05, 0.1) is 5.92 Å². The van der Waals surface area contributed by atoms with Crippen molar-refractivity contribution >= 4 is 39.1 Å². The summed E-state index contributed by atoms with van der Waals surface area (Å²) in [5, 5.41) is 4.29. The van der Waals surface area contributed by atoms with Crippen LogP contribution in [-0.2, 0) is 9.59 Å². The Balaban J connectivity index is 2.05. The van der Waals surface area contributed by atoms with Crippen LogP contribution in [-0.4, -0.2) is 11.8 Å². The highest BCUT2D eigenvalue weighted by molar-refractivity contribution is 9.10. The van der Waals surface area contributed by atoms with Gasteiger partial charge in [0.15, 0.2) is 0 Å². The van der Waals surface area contributed by atoms with Crippen molar-refractivity contribution in [3.05, 3.63) is 56.4 Å². The number of carbonyl (C=O) groups excluding carboxylic acids is 2. The molecule has 1 fully saturated rings. The van der Waals surface area contributed by atoms with Gasteiger partial charge in [0, 0.05) is 21.7 Å². The van der Waals surface area contributed by atoms with Crippen LogP contribution in [0.3, 0.4) is 0 Å². The van der Waals surface area contributed by atoms with E-state index in [-0.39, 0.29) is 30.0 Å². The van der Waals surface area contributed by atoms with Crippen molar-refractivity contribution in [3.63, 3.8) is 0 Å². The average Bonchev–Trinajstić information content (AvgIpc) is 2.85. The minimum Gasteiger partial charge on any atom is -0.296 e. The number of hydrogen-bond donors (Lipinski definition) is 1. The molecule has 3 nitrogen and oxygen atoms in total. The van der Waals surface area contributed by atoms with Crippen LogP contribution in [0.1, 0.15) is 28.7 Å². The number of amides is 2. The lowest BCUT2D eigenvalue weighted by molar-refractivity contribution is -0.135. The lowest BCUT2D eigenvalue weighted by atomic mass is 9.79. The molecule has 0 bridgehead atoms. The second kappa shape index (κ2) is 5.69. The Morgan fingerprint density at radius 1 is 1.19 bits per heavy atom. The standard InChI is InChI=1S/C15H11BrFNO2S/c16-11-5-6-21-14(11)10-7-12(19)18-15(20)13(10)8-1-3-9(17)4-2-8/h1-6,10,13H,7H2,(H,18,19,20). The predicted molar refractivity (Wildman–Crippen MR) is 81.7 cm³/mol. The fourth-order valence-corrected chi connectivity index (χ4v) is 4.44. The zero-order valence-electron chi connectivity index (χ0n) is 10.8. The van der Waals surface area contributed by atoms with Crippen molar-refractivity contribution in [2.75, 3.05) is 0 Å². The molecule has 108 valence electrons. The molecular formula is C15H11BrFNO2S. The topological polar surface area (TPSA) is 46.2 Å². The van der Waals surface area contributed by atoms with E-state index < -0.39 is 5.92 Å². The quantitative estimate of drug-likeness (QED) is 0.824. The summed E-state index contributed by atoms with van der Waals surface area (Å²) in [7, 11) is 0. The van der Waals surface area contributed by atoms with Crippen molar-refractivity contribution in [1.29, 1.82) is 0 Å². The zero-order valence-corrected chi connectivity index (χ0v) is 13.2. The monoisotopic (exact) mass is 367 g/mol. The number of hydrogen-bond acceptors (Lipinski definition) is 3. The number of carbonyl (C=O) groups is 2. The van der Waals surface area contributed by atoms with E-state index in [1.165, 1.54) is 23.5 Å². The molecule has 2 unspecified atom stereocenters. The summed E-state index contributed by atoms with van der Waals surface area (Å²) in [5.41, 5.74) is 0.715. The number of imide groups is 1. The molecule has 1 N–H and O–H groups in total. The van der Waals surface area contributed by atoms with Crippen LogP contribution in [0, 0.1) is 5.82 Å². The number of halogens is 2. The minimum absolute atomic E-state index is 0.230. The van der Waals surface area contributed by atoms with Gasteiger partial charge in [0.25, 0.3) is 0 Å². The van der Waals surface area contributed by atoms with Crippen molar-refractivity contribution in [2.24, 2.45) is 0 Å². The second-order valence-electron chi connectivity index (χ2n) is 4.89. The first-order chi connectivity index (χ1) is 10.1. The Labute approximate surface area is 133 Å². The van der Waals surface area contributed by atoms with Crippen LogP contribution < -0.4 is 5.32 Å². The summed E-state index contributed by atoms with van der Waals surface area (Å²) in [6, 6.07) is 7.77. The maximum absolute atomic E-state index is 13.1. The molecule has 0 spiro atoms. The van der Waals surface area contributed by atoms with Crippen molar-refractivity contribution in [1.82, 2.24) is 5.32 Å². The first-order valence-electron chi connectivity index (χ1n) is 6.38. The van der Waals surface area contributed by atoms with Crippen LogP contribution in [0.5, 0.6) is 0 Å². The number of rotatable bonds is 2. The SMILES string of the molecule is O=C1CC(c2sccc2Br)C(c2ccc(F)cc2)C(=O)N1. The Kier molecular flexibility index (Phi) is 3.91. The van der Waals surface area contributed by atoms with Crippen LogP contribution in [0.4, 0.5) is 4.39 Å². The Morgan fingerprint density at radius 2 is 1.90 bits per heavy atom. The molecular weight excluding hydrogens is 357 g/mol. The molecule has 21 heavy (non-hydrogen) atoms. The van der Waals surface area contributed by atoms with Gasteiger partial charge < -0.3 is 0 Å². The molecule has 1 aliphatic heterocycles. The van der Waals surface area contributed by atoms with Crippen LogP contribution >= 0.6 is 27.3 Å². The van der Waals surface area contributed by atoms with Gasteiger partial charge >= 0.3 is 0 Å². The first kappa shape index (κ1) is 14.4. The maximum atomic E-state index is 13.1. The summed E-state index contributed by atoms with van der Waals surface area (Å²) >= 11 is 4.97. The molecule has 2 aromatic rings. The summed E-state index contributed by atoms with van der Waals surface area (Å²) in [4.78, 5) is 25.0. The molecule has 0 saturated carbocycles. The van der Waals surface area contributed by atoms with Crippen molar-refractivity contribution in [3.8, 4) is 0 Å². The molecule has 1 aromatic carbocycles. The van der Waals surface area contributed by atoms with E-state index in [1.54, 1.807) is 12.1 Å². The maximum Gasteiger partial charge on any atom is 0.234 e. The molecule has 1 aliphatic rings. The summed E-state index contributed by atoms with van der Waals surface area (Å²) < 4.78 is 14.0. The molecule has 2 atom stereocenters. The van der Waals surface area contributed by atoms with Gasteiger partial charge in [-0.25, -0.2) is 4.39 Å². The molecule has 0 aliphatic carbocycles. The zero-order chi connectivity index (χ0) is 15.0. The van der Waals surface area contributed by atoms with E-state index in [1.807, 2.05) is 11.4 Å². The number of benzene rings is 1. The smallest absolute Gasteiger partial charge is 0.234 e. The summed E-state index contributed by atoms with van der Waals surface area (Å²) in [6.07, 6.45) is 0.243. The second-order valence-corrected chi connectivity index (χ2v) is 6.69. The fourth-order valence-electron chi connectivity index (χ4n) is 2.63. The van der Waals surface area contributed by atoms with Gasteiger partial charge in [0.2, 0.25) is 11.8 Å². The number of thiophene rings is 1. The van der Waals surface area contributed by atoms with Gasteiger partial charge in [-0.15, -0.1) is 11.3 Å². The Morgan fingerprint density at radius 3 is 2.52 bits per heavy atom. The van der Waals surface area contributed by atoms with Crippen LogP contribution in [0.25, 0.3) is 0 Å². The third kappa shape index (κ3) is 2.78. The highest BCUT2D eigenvalue weighted by Gasteiger charge is 2.39. The van der Waals surface area contributed by atoms with Gasteiger partial charge in [-0.05, 0) is 45.1 Å². The molecule has 0 radical (unpaired) electrons. The molecule has 3 rings (SSSR count). The lowest BCUT2D eigenvalue weighted by Gasteiger charge is -2.30. The van der Waals surface area contributed by atoms with Gasteiger partial charge in [-0.1, -0.05) is 12.1 Å². The number of nitrogens with one attached hydrogen (secondary N) is 1. The van der Waals surface area contributed by atoms with Gasteiger partial charge in [-0.3, -0.25) is 14.9 Å². The lowest BCUT2D eigenvalue weighted by Crippen LogP contribution is -2.43. The third-order valence-electron chi connectivity index (χ3n) is 3.56. The van der Waals surface area contributed by atoms with E-state index in [9.17, 15) is 14.0 Å². The van der Waals surface area contributed by atoms with E-state index in [2.05, 4.69) is 21.2 Å². The molecule has 1 aromatic heterocycles. The van der Waals surface area contributed by atoms with Gasteiger partial charge in [-0.2, -0.15) is 0 Å². The molecule has 6 heteroatoms. The van der Waals surface area contributed by atoms with Crippen LogP contribution in [0.2, 0.25) is 0 Å². The highest BCUT2D eigenvalue weighted by Crippen LogP contribution is 2.43. The van der Waals surface area contributed by atoms with Crippen molar-refractivity contribution in [2.45, 2.75) is 18.3 Å². The van der Waals surface area contributed by atoms with E-state index >= 15 is 0 Å². The molecule has 1 saturated heterocycles. The van der Waals surface area contributed by atoms with Crippen molar-refractivity contribution < 1.29 is 14.0 Å². The fraction of sp³-hybridized carbons (Fsp3) is 0.200. The van der Waals surface area contributed by atoms with Gasteiger partial charge in [0.1, 0.15) is 5.82 Å². The normalized spacial score (nSPS) is 22.2. The minimum atomic E-state index is -0.488. The highest BCUT2D eigenvalue weighted by atomic mass is 79.9. The summed E-state index contributed by atoms with van der Waals surface area (Å²) in [5.74, 6) is -1.67. The van der Waals surface area contributed by atoms with E-state index in [4.69, 9.17) is 0 Å². The Bertz CT molecular complexity index is 698. The number of piperidine rings is 1.